The zero-order valence-corrected chi connectivity index (χ0v) is 12.5. The van der Waals surface area contributed by atoms with Crippen molar-refractivity contribution in [2.75, 3.05) is 18.1 Å². The number of amides is 1. The third kappa shape index (κ3) is 2.82. The van der Waals surface area contributed by atoms with Gasteiger partial charge in [-0.05, 0) is 67.8 Å². The molecule has 0 saturated heterocycles. The van der Waals surface area contributed by atoms with E-state index in [1.54, 1.807) is 35.2 Å². The highest BCUT2D eigenvalue weighted by Crippen LogP contribution is 2.29. The second-order valence-corrected chi connectivity index (χ2v) is 5.29. The maximum atomic E-state index is 13.3. The van der Waals surface area contributed by atoms with Gasteiger partial charge in [0.1, 0.15) is 11.6 Å². The second-order valence-electron chi connectivity index (χ2n) is 5.29. The third-order valence-corrected chi connectivity index (χ3v) is 3.82. The molecule has 3 rings (SSSR count). The average Bonchev–Trinajstić information content (AvgIpc) is 2.54. The van der Waals surface area contributed by atoms with Crippen molar-refractivity contribution in [3.63, 3.8) is 0 Å². The molecular weight excluding hydrogens is 281 g/mol. The largest absolute Gasteiger partial charge is 0.494 e. The Morgan fingerprint density at radius 3 is 2.73 bits per heavy atom. The molecule has 0 radical (unpaired) electrons. The summed E-state index contributed by atoms with van der Waals surface area (Å²) in [5, 5.41) is 0. The summed E-state index contributed by atoms with van der Waals surface area (Å²) in [6.45, 7) is 3.17. The van der Waals surface area contributed by atoms with Crippen LogP contribution in [0.3, 0.4) is 0 Å². The number of carbonyl (C=O) groups excluding carboxylic acids is 1. The van der Waals surface area contributed by atoms with Crippen molar-refractivity contribution in [2.45, 2.75) is 19.8 Å². The number of halogens is 1. The third-order valence-electron chi connectivity index (χ3n) is 3.82. The van der Waals surface area contributed by atoms with Crippen molar-refractivity contribution in [2.24, 2.45) is 0 Å². The number of hydrogen-bond acceptors (Lipinski definition) is 2. The van der Waals surface area contributed by atoms with E-state index < -0.39 is 0 Å². The highest BCUT2D eigenvalue weighted by molar-refractivity contribution is 6.06. The van der Waals surface area contributed by atoms with Crippen LogP contribution in [-0.4, -0.2) is 19.1 Å². The molecule has 0 aliphatic carbocycles. The maximum Gasteiger partial charge on any atom is 0.258 e. The summed E-state index contributed by atoms with van der Waals surface area (Å²) in [6, 6.07) is 11.8. The van der Waals surface area contributed by atoms with E-state index in [2.05, 4.69) is 0 Å². The van der Waals surface area contributed by atoms with Gasteiger partial charge in [-0.15, -0.1) is 0 Å². The maximum absolute atomic E-state index is 13.3. The van der Waals surface area contributed by atoms with E-state index in [1.165, 1.54) is 12.1 Å². The number of hydrogen-bond donors (Lipinski definition) is 0. The molecule has 2 aromatic rings. The van der Waals surface area contributed by atoms with Crippen molar-refractivity contribution < 1.29 is 13.9 Å². The smallest absolute Gasteiger partial charge is 0.258 e. The molecule has 3 nitrogen and oxygen atoms in total. The summed E-state index contributed by atoms with van der Waals surface area (Å²) in [6.07, 6.45) is 1.65. The Labute approximate surface area is 129 Å². The quantitative estimate of drug-likeness (QED) is 0.862. The molecule has 1 aliphatic rings. The molecule has 114 valence electrons. The van der Waals surface area contributed by atoms with Gasteiger partial charge in [0, 0.05) is 17.8 Å². The number of aryl methyl sites for hydroxylation is 1. The fourth-order valence-electron chi connectivity index (χ4n) is 2.79. The fourth-order valence-corrected chi connectivity index (χ4v) is 2.79. The first-order chi connectivity index (χ1) is 10.7. The summed E-state index contributed by atoms with van der Waals surface area (Å²) in [4.78, 5) is 14.4. The van der Waals surface area contributed by atoms with Crippen LogP contribution in [0, 0.1) is 5.82 Å². The van der Waals surface area contributed by atoms with Gasteiger partial charge in [-0.2, -0.15) is 0 Å². The number of anilines is 1. The van der Waals surface area contributed by atoms with Gasteiger partial charge >= 0.3 is 0 Å². The summed E-state index contributed by atoms with van der Waals surface area (Å²) < 4.78 is 18.7. The highest BCUT2D eigenvalue weighted by Gasteiger charge is 2.23. The number of fused-ring (bicyclic) bond motifs is 1. The first-order valence-electron chi connectivity index (χ1n) is 7.52. The normalized spacial score (nSPS) is 13.6. The van der Waals surface area contributed by atoms with E-state index in [4.69, 9.17) is 4.74 Å². The molecule has 0 N–H and O–H groups in total. The monoisotopic (exact) mass is 299 g/mol. The molecule has 0 bridgehead atoms. The Morgan fingerprint density at radius 1 is 1.23 bits per heavy atom. The standard InChI is InChI=1S/C18H18FNO2/c1-2-22-16-8-5-13(6-9-16)18(21)20-11-3-4-14-12-15(19)7-10-17(14)20/h5-10,12H,2-4,11H2,1H3. The van der Waals surface area contributed by atoms with Crippen LogP contribution < -0.4 is 9.64 Å². The fraction of sp³-hybridized carbons (Fsp3) is 0.278. The van der Waals surface area contributed by atoms with Gasteiger partial charge in [0.25, 0.3) is 5.91 Å². The molecule has 0 unspecified atom stereocenters. The van der Waals surface area contributed by atoms with Gasteiger partial charge < -0.3 is 9.64 Å². The van der Waals surface area contributed by atoms with Crippen LogP contribution >= 0.6 is 0 Å². The van der Waals surface area contributed by atoms with Crippen LogP contribution in [-0.2, 0) is 6.42 Å². The van der Waals surface area contributed by atoms with Crippen LogP contribution in [0.25, 0.3) is 0 Å². The lowest BCUT2D eigenvalue weighted by Gasteiger charge is -2.29. The zero-order chi connectivity index (χ0) is 15.5. The van der Waals surface area contributed by atoms with E-state index in [-0.39, 0.29) is 11.7 Å². The molecule has 2 aromatic carbocycles. The molecule has 4 heteroatoms. The Kier molecular flexibility index (Phi) is 4.09. The molecule has 0 fully saturated rings. The van der Waals surface area contributed by atoms with E-state index in [0.29, 0.717) is 18.7 Å². The molecule has 0 saturated carbocycles. The van der Waals surface area contributed by atoms with E-state index in [0.717, 1.165) is 29.8 Å². The molecule has 1 heterocycles. The minimum atomic E-state index is -0.255. The molecule has 22 heavy (non-hydrogen) atoms. The first-order valence-corrected chi connectivity index (χ1v) is 7.52. The lowest BCUT2D eigenvalue weighted by molar-refractivity contribution is 0.0985. The number of benzene rings is 2. The van der Waals surface area contributed by atoms with Crippen molar-refractivity contribution in [3.8, 4) is 5.75 Å². The summed E-state index contributed by atoms with van der Waals surface area (Å²) >= 11 is 0. The molecule has 1 aliphatic heterocycles. The number of rotatable bonds is 3. The predicted octanol–water partition coefficient (Wildman–Crippen LogP) is 3.82. The molecule has 1 amide bonds. The van der Waals surface area contributed by atoms with Crippen molar-refractivity contribution in [3.05, 3.63) is 59.4 Å². The Balaban J connectivity index is 1.87. The molecule has 0 atom stereocenters. The topological polar surface area (TPSA) is 29.5 Å². The minimum Gasteiger partial charge on any atom is -0.494 e. The molecule has 0 spiro atoms. The van der Waals surface area contributed by atoms with Gasteiger partial charge in [-0.25, -0.2) is 4.39 Å². The van der Waals surface area contributed by atoms with E-state index in [9.17, 15) is 9.18 Å². The lowest BCUT2D eigenvalue weighted by Crippen LogP contribution is -2.35. The number of ether oxygens (including phenoxy) is 1. The van der Waals surface area contributed by atoms with E-state index >= 15 is 0 Å². The van der Waals surface area contributed by atoms with Crippen LogP contribution in [0.4, 0.5) is 10.1 Å². The van der Waals surface area contributed by atoms with Gasteiger partial charge in [0.2, 0.25) is 0 Å². The molecular formula is C18H18FNO2. The predicted molar refractivity (Wildman–Crippen MR) is 84.0 cm³/mol. The van der Waals surface area contributed by atoms with Gasteiger partial charge in [0.05, 0.1) is 6.61 Å². The van der Waals surface area contributed by atoms with Gasteiger partial charge in [-0.1, -0.05) is 0 Å². The van der Waals surface area contributed by atoms with Crippen LogP contribution in [0.2, 0.25) is 0 Å². The Morgan fingerprint density at radius 2 is 2.00 bits per heavy atom. The van der Waals surface area contributed by atoms with Crippen molar-refractivity contribution in [1.29, 1.82) is 0 Å². The average molecular weight is 299 g/mol. The van der Waals surface area contributed by atoms with Crippen LogP contribution in [0.15, 0.2) is 42.5 Å². The zero-order valence-electron chi connectivity index (χ0n) is 12.5. The molecule has 0 aromatic heterocycles. The lowest BCUT2D eigenvalue weighted by atomic mass is 10.0. The van der Waals surface area contributed by atoms with Crippen LogP contribution in [0.1, 0.15) is 29.3 Å². The number of nitrogens with zero attached hydrogens (tertiary/aromatic N) is 1. The number of carbonyl (C=O) groups is 1. The van der Waals surface area contributed by atoms with Gasteiger partial charge in [0.15, 0.2) is 0 Å². The minimum absolute atomic E-state index is 0.0596. The summed E-state index contributed by atoms with van der Waals surface area (Å²) in [5.41, 5.74) is 2.32. The highest BCUT2D eigenvalue weighted by atomic mass is 19.1. The SMILES string of the molecule is CCOc1ccc(C(=O)N2CCCc3cc(F)ccc32)cc1. The second kappa shape index (κ2) is 6.18. The Hall–Kier alpha value is -2.36. The van der Waals surface area contributed by atoms with Crippen LogP contribution in [0.5, 0.6) is 5.75 Å². The Bertz CT molecular complexity index is 682. The summed E-state index contributed by atoms with van der Waals surface area (Å²) in [5.74, 6) is 0.435. The van der Waals surface area contributed by atoms with Crippen molar-refractivity contribution in [1.82, 2.24) is 0 Å². The van der Waals surface area contributed by atoms with Crippen molar-refractivity contribution >= 4 is 11.6 Å². The van der Waals surface area contributed by atoms with E-state index in [1.807, 2.05) is 6.92 Å². The first kappa shape index (κ1) is 14.6. The van der Waals surface area contributed by atoms with Gasteiger partial charge in [-0.3, -0.25) is 4.79 Å². The summed E-state index contributed by atoms with van der Waals surface area (Å²) in [7, 11) is 0.